The lowest BCUT2D eigenvalue weighted by molar-refractivity contribution is 0.144. The van der Waals surface area contributed by atoms with Gasteiger partial charge in [-0.15, -0.1) is 0 Å². The summed E-state index contributed by atoms with van der Waals surface area (Å²) in [5.41, 5.74) is 0.465. The molecule has 1 N–H and O–H groups in total. The van der Waals surface area contributed by atoms with Crippen molar-refractivity contribution in [3.05, 3.63) is 29.8 Å². The van der Waals surface area contributed by atoms with Crippen LogP contribution in [0.3, 0.4) is 0 Å². The Bertz CT molecular complexity index is 620. The van der Waals surface area contributed by atoms with Crippen LogP contribution in [-0.2, 0) is 0 Å². The molecule has 2 aliphatic rings. The molecule has 4 nitrogen and oxygen atoms in total. The monoisotopic (exact) mass is 399 g/mol. The Morgan fingerprint density at radius 2 is 1.45 bits per heavy atom. The van der Waals surface area contributed by atoms with Crippen LogP contribution in [-0.4, -0.2) is 11.3 Å². The molecular formula is C25H37NO3. The first-order valence-electron chi connectivity index (χ1n) is 11.5. The fourth-order valence-electron chi connectivity index (χ4n) is 4.86. The Balaban J connectivity index is 0.000000221. The maximum Gasteiger partial charge on any atom is 0.511 e. The maximum atomic E-state index is 10.0. The molecule has 160 valence electrons. The Morgan fingerprint density at radius 1 is 0.931 bits per heavy atom. The van der Waals surface area contributed by atoms with Crippen molar-refractivity contribution in [1.29, 1.82) is 5.26 Å². The van der Waals surface area contributed by atoms with E-state index in [1.165, 1.54) is 56.4 Å². The van der Waals surface area contributed by atoms with Crippen LogP contribution < -0.4 is 4.74 Å². The number of rotatable bonds is 6. The van der Waals surface area contributed by atoms with E-state index in [0.717, 1.165) is 17.8 Å². The van der Waals surface area contributed by atoms with E-state index in [-0.39, 0.29) is 5.75 Å². The molecular weight excluding hydrogens is 362 g/mol. The summed E-state index contributed by atoms with van der Waals surface area (Å²) >= 11 is 0. The number of hydrogen-bond donors (Lipinski definition) is 1. The lowest BCUT2D eigenvalue weighted by Gasteiger charge is -2.30. The molecule has 0 amide bonds. The van der Waals surface area contributed by atoms with Crippen LogP contribution in [0.1, 0.15) is 96.0 Å². The number of benzene rings is 1. The van der Waals surface area contributed by atoms with E-state index < -0.39 is 6.16 Å². The highest BCUT2D eigenvalue weighted by molar-refractivity contribution is 5.61. The molecule has 0 bridgehead atoms. The highest BCUT2D eigenvalue weighted by atomic mass is 16.7. The summed E-state index contributed by atoms with van der Waals surface area (Å²) in [4.78, 5) is 10.0. The van der Waals surface area contributed by atoms with Gasteiger partial charge < -0.3 is 9.84 Å². The second-order valence-corrected chi connectivity index (χ2v) is 8.76. The zero-order valence-electron chi connectivity index (χ0n) is 17.9. The normalized spacial score (nSPS) is 22.1. The third kappa shape index (κ3) is 9.35. The van der Waals surface area contributed by atoms with Gasteiger partial charge in [-0.1, -0.05) is 90.4 Å². The van der Waals surface area contributed by atoms with Crippen molar-refractivity contribution in [2.45, 2.75) is 90.4 Å². The number of carboxylic acid groups (broad SMARTS) is 1. The fraction of sp³-hybridized carbons (Fsp3) is 0.680. The van der Waals surface area contributed by atoms with E-state index >= 15 is 0 Å². The Hall–Kier alpha value is -2.02. The average molecular weight is 400 g/mol. The number of ether oxygens (including phenoxy) is 1. The molecule has 0 aliphatic heterocycles. The van der Waals surface area contributed by atoms with Crippen LogP contribution in [0.5, 0.6) is 5.75 Å². The SMILES string of the molecule is CCC[C@H]1CC[C@H](CCC2CCCCC2)CC1.N#Cc1ccc(OC(=O)O)cc1. The lowest BCUT2D eigenvalue weighted by atomic mass is 9.76. The van der Waals surface area contributed by atoms with E-state index in [2.05, 4.69) is 11.7 Å². The molecule has 0 radical (unpaired) electrons. The molecule has 2 saturated carbocycles. The average Bonchev–Trinajstić information content (AvgIpc) is 2.75. The molecule has 2 fully saturated rings. The van der Waals surface area contributed by atoms with E-state index in [4.69, 9.17) is 10.4 Å². The van der Waals surface area contributed by atoms with E-state index in [0.29, 0.717) is 5.56 Å². The number of hydrogen-bond acceptors (Lipinski definition) is 3. The summed E-state index contributed by atoms with van der Waals surface area (Å²) in [6.07, 6.45) is 18.5. The van der Waals surface area contributed by atoms with Gasteiger partial charge in [0.2, 0.25) is 0 Å². The number of nitriles is 1. The van der Waals surface area contributed by atoms with Gasteiger partial charge in [-0.2, -0.15) is 5.26 Å². The van der Waals surface area contributed by atoms with Crippen molar-refractivity contribution in [2.24, 2.45) is 17.8 Å². The number of carbonyl (C=O) groups is 1. The molecule has 0 aromatic heterocycles. The van der Waals surface area contributed by atoms with Crippen molar-refractivity contribution in [3.8, 4) is 11.8 Å². The van der Waals surface area contributed by atoms with E-state index in [1.807, 2.05) is 6.07 Å². The molecule has 4 heteroatoms. The van der Waals surface area contributed by atoms with Gasteiger partial charge in [0.1, 0.15) is 5.75 Å². The van der Waals surface area contributed by atoms with Crippen LogP contribution in [0.15, 0.2) is 24.3 Å². The van der Waals surface area contributed by atoms with Gasteiger partial charge in [0.25, 0.3) is 0 Å². The molecule has 3 rings (SSSR count). The second-order valence-electron chi connectivity index (χ2n) is 8.76. The fourth-order valence-corrected chi connectivity index (χ4v) is 4.86. The summed E-state index contributed by atoms with van der Waals surface area (Å²) in [6.45, 7) is 2.34. The highest BCUT2D eigenvalue weighted by Gasteiger charge is 2.22. The molecule has 0 atom stereocenters. The first-order chi connectivity index (χ1) is 14.1. The van der Waals surface area contributed by atoms with Crippen molar-refractivity contribution >= 4 is 6.16 Å². The van der Waals surface area contributed by atoms with Gasteiger partial charge in [0.15, 0.2) is 0 Å². The van der Waals surface area contributed by atoms with Crippen LogP contribution in [0.4, 0.5) is 4.79 Å². The smallest absolute Gasteiger partial charge is 0.449 e. The van der Waals surface area contributed by atoms with E-state index in [9.17, 15) is 4.79 Å². The van der Waals surface area contributed by atoms with Gasteiger partial charge in [0.05, 0.1) is 11.6 Å². The minimum Gasteiger partial charge on any atom is -0.449 e. The Morgan fingerprint density at radius 3 is 1.93 bits per heavy atom. The van der Waals surface area contributed by atoms with Gasteiger partial charge in [-0.25, -0.2) is 4.79 Å². The molecule has 0 heterocycles. The molecule has 2 aliphatic carbocycles. The molecule has 0 saturated heterocycles. The predicted octanol–water partition coefficient (Wildman–Crippen LogP) is 7.57. The molecule has 1 aromatic rings. The van der Waals surface area contributed by atoms with Gasteiger partial charge in [-0.05, 0) is 42.0 Å². The van der Waals surface area contributed by atoms with Crippen molar-refractivity contribution in [3.63, 3.8) is 0 Å². The van der Waals surface area contributed by atoms with Crippen molar-refractivity contribution in [1.82, 2.24) is 0 Å². The first-order valence-corrected chi connectivity index (χ1v) is 11.5. The predicted molar refractivity (Wildman–Crippen MR) is 116 cm³/mol. The zero-order valence-corrected chi connectivity index (χ0v) is 17.9. The summed E-state index contributed by atoms with van der Waals surface area (Å²) in [7, 11) is 0. The first kappa shape index (κ1) is 23.3. The Labute approximate surface area is 176 Å². The summed E-state index contributed by atoms with van der Waals surface area (Å²) in [6, 6.07) is 7.72. The minimum atomic E-state index is -1.36. The van der Waals surface area contributed by atoms with Crippen LogP contribution in [0, 0.1) is 29.1 Å². The maximum absolute atomic E-state index is 10.0. The lowest BCUT2D eigenvalue weighted by Crippen LogP contribution is -2.16. The highest BCUT2D eigenvalue weighted by Crippen LogP contribution is 2.36. The second kappa shape index (κ2) is 13.2. The molecule has 1 aromatic carbocycles. The van der Waals surface area contributed by atoms with Gasteiger partial charge in [-0.3, -0.25) is 0 Å². The van der Waals surface area contributed by atoms with Crippen LogP contribution in [0.25, 0.3) is 0 Å². The van der Waals surface area contributed by atoms with Gasteiger partial charge in [0, 0.05) is 0 Å². The van der Waals surface area contributed by atoms with Crippen LogP contribution >= 0.6 is 0 Å². The standard InChI is InChI=1S/C17H32.C8H5NO3/c1-2-6-15-9-12-17(13-10-15)14-11-16-7-4-3-5-8-16;9-5-6-1-3-7(4-2-6)12-8(10)11/h15-17H,2-14H2,1H3;1-4H,(H,10,11)/t15-,17-;. The number of nitrogens with zero attached hydrogens (tertiary/aromatic N) is 1. The minimum absolute atomic E-state index is 0.210. The third-order valence-electron chi connectivity index (χ3n) is 6.56. The largest absolute Gasteiger partial charge is 0.511 e. The molecule has 0 spiro atoms. The van der Waals surface area contributed by atoms with Gasteiger partial charge >= 0.3 is 6.16 Å². The Kier molecular flexibility index (Phi) is 10.6. The quantitative estimate of drug-likeness (QED) is 0.395. The molecule has 0 unspecified atom stereocenters. The van der Waals surface area contributed by atoms with E-state index in [1.54, 1.807) is 51.4 Å². The summed E-state index contributed by atoms with van der Waals surface area (Å²) in [5, 5.41) is 16.6. The molecule has 29 heavy (non-hydrogen) atoms. The topological polar surface area (TPSA) is 70.3 Å². The van der Waals surface area contributed by atoms with Crippen molar-refractivity contribution < 1.29 is 14.6 Å². The summed E-state index contributed by atoms with van der Waals surface area (Å²) < 4.78 is 4.32. The van der Waals surface area contributed by atoms with Crippen molar-refractivity contribution in [2.75, 3.05) is 0 Å². The van der Waals surface area contributed by atoms with Crippen LogP contribution in [0.2, 0.25) is 0 Å². The summed E-state index contributed by atoms with van der Waals surface area (Å²) in [5.74, 6) is 3.51. The zero-order chi connectivity index (χ0) is 20.9. The third-order valence-corrected chi connectivity index (χ3v) is 6.56.